The van der Waals surface area contributed by atoms with E-state index in [0.29, 0.717) is 0 Å². The van der Waals surface area contributed by atoms with Gasteiger partial charge in [-0.2, -0.15) is 0 Å². The molecule has 17 saturated carbocycles. The molecule has 27 unspecified atom stereocenters. The van der Waals surface area contributed by atoms with Gasteiger partial charge in [-0.3, -0.25) is 14.7 Å². The molecule has 0 aromatic heterocycles. The van der Waals surface area contributed by atoms with Crippen molar-refractivity contribution in [3.05, 3.63) is 0 Å². The highest BCUT2D eigenvalue weighted by Gasteiger charge is 2.70. The first-order valence-electron chi connectivity index (χ1n) is 47.0. The summed E-state index contributed by atoms with van der Waals surface area (Å²) in [4.78, 5) is 11.6. The topological polar surface area (TPSA) is 9.72 Å². The quantitative estimate of drug-likeness (QED) is 0.213. The lowest BCUT2D eigenvalue weighted by molar-refractivity contribution is -0.159. The van der Waals surface area contributed by atoms with Gasteiger partial charge >= 0.3 is 0 Å². The average molecular weight is 1310 g/mol. The van der Waals surface area contributed by atoms with E-state index >= 15 is 0 Å². The Morgan fingerprint density at radius 3 is 0.979 bits per heavy atom. The second kappa shape index (κ2) is 28.3. The molecule has 0 amide bonds. The number of fused-ring (bicyclic) bond motifs is 9. The monoisotopic (exact) mass is 1310 g/mol. The number of hydrogen-bond acceptors (Lipinski definition) is 3. The summed E-state index contributed by atoms with van der Waals surface area (Å²) in [5.41, 5.74) is 0. The molecule has 17 aliphatic carbocycles. The second-order valence-corrected chi connectivity index (χ2v) is 42.2. The van der Waals surface area contributed by atoms with E-state index in [4.69, 9.17) is 0 Å². The standard InChI is InChI=1S/C92H150BN3/c1-6-25-59(26-7-1)65-49-53-84-80(55-65)93-81-56-66(68-51-52-79-77-44-21-36-64-35-20-43-76(88(64)77)78-46-24-45-75(68)89(78)79)50-54-85(81)96(92-71(62-31-12-4-13-32-62)41-23-42-72(92)63-33-14-5-15-34-63)87-58-67(94-82-47-18-16-37-73(82)74-38-17-19-48-83(74)94)57-86(90(87)93)95(84)91-69(60-27-8-2-9-28-60)39-22-40-70(91)61-29-10-3-11-30-61/h59-92H,1-58H2. The molecule has 27 atom stereocenters. The van der Waals surface area contributed by atoms with E-state index in [9.17, 15) is 0 Å². The smallest absolute Gasteiger partial charge is 0.156 e. The van der Waals surface area contributed by atoms with E-state index in [0.717, 1.165) is 209 Å². The minimum atomic E-state index is 0.839. The Morgan fingerprint density at radius 1 is 0.177 bits per heavy atom. The van der Waals surface area contributed by atoms with Crippen LogP contribution in [0, 0.1) is 130 Å². The fraction of sp³-hybridized carbons (Fsp3) is 1.00. The van der Waals surface area contributed by atoms with Crippen molar-refractivity contribution in [1.82, 2.24) is 14.7 Å². The van der Waals surface area contributed by atoms with Gasteiger partial charge in [0.1, 0.15) is 0 Å². The van der Waals surface area contributed by atoms with Gasteiger partial charge in [-0.25, -0.2) is 0 Å². The minimum absolute atomic E-state index is 0.839. The third-order valence-corrected chi connectivity index (χ3v) is 39.3. The Kier molecular flexibility index (Phi) is 19.3. The van der Waals surface area contributed by atoms with E-state index in [1.54, 1.807) is 372 Å². The van der Waals surface area contributed by atoms with E-state index in [1.807, 2.05) is 0 Å². The van der Waals surface area contributed by atoms with Gasteiger partial charge in [0.2, 0.25) is 0 Å². The first-order valence-corrected chi connectivity index (χ1v) is 47.0. The highest BCUT2D eigenvalue weighted by atomic mass is 15.3. The molecule has 0 aromatic carbocycles. The largest absolute Gasteiger partial charge is 0.295 e. The van der Waals surface area contributed by atoms with Crippen LogP contribution in [-0.2, 0) is 0 Å². The van der Waals surface area contributed by atoms with Crippen LogP contribution < -0.4 is 0 Å². The Labute approximate surface area is 592 Å². The first-order chi connectivity index (χ1) is 47.7. The van der Waals surface area contributed by atoms with Gasteiger partial charge in [-0.1, -0.05) is 244 Å². The molecule has 3 saturated heterocycles. The van der Waals surface area contributed by atoms with Crippen molar-refractivity contribution >= 4 is 6.71 Å². The Morgan fingerprint density at radius 2 is 0.510 bits per heavy atom. The molecule has 536 valence electrons. The van der Waals surface area contributed by atoms with Crippen LogP contribution in [0.3, 0.4) is 0 Å². The average Bonchev–Trinajstić information content (AvgIpc) is 0.779. The number of nitrogens with zero attached hydrogens (tertiary/aromatic N) is 3. The van der Waals surface area contributed by atoms with Gasteiger partial charge in [0.25, 0.3) is 0 Å². The summed E-state index contributed by atoms with van der Waals surface area (Å²) in [5.74, 6) is 26.2. The zero-order valence-electron chi connectivity index (χ0n) is 62.6. The lowest BCUT2D eigenvalue weighted by Gasteiger charge is -2.72. The van der Waals surface area contributed by atoms with E-state index < -0.39 is 0 Å². The summed E-state index contributed by atoms with van der Waals surface area (Å²) >= 11 is 0. The predicted molar refractivity (Wildman–Crippen MR) is 401 cm³/mol. The summed E-state index contributed by atoms with van der Waals surface area (Å²) in [6.45, 7) is 1.02. The van der Waals surface area contributed by atoms with Crippen molar-refractivity contribution in [3.63, 3.8) is 0 Å². The molecule has 0 bridgehead atoms. The second-order valence-electron chi connectivity index (χ2n) is 42.2. The molecule has 0 aromatic rings. The van der Waals surface area contributed by atoms with Crippen LogP contribution in [0.4, 0.5) is 0 Å². The Balaban J connectivity index is 0.762. The van der Waals surface area contributed by atoms with Crippen molar-refractivity contribution < 1.29 is 0 Å². The molecule has 0 N–H and O–H groups in total. The highest BCUT2D eigenvalue weighted by Crippen LogP contribution is 2.71. The fourth-order valence-corrected chi connectivity index (χ4v) is 36.8. The Hall–Kier alpha value is -0.0551. The summed E-state index contributed by atoms with van der Waals surface area (Å²) in [6, 6.07) is 7.96. The molecule has 3 nitrogen and oxygen atoms in total. The maximum atomic E-state index is 4.00. The summed E-state index contributed by atoms with van der Waals surface area (Å²) < 4.78 is 0. The lowest BCUT2D eigenvalue weighted by atomic mass is 9.17. The van der Waals surface area contributed by atoms with Gasteiger partial charge < -0.3 is 0 Å². The molecule has 0 radical (unpaired) electrons. The van der Waals surface area contributed by atoms with Crippen LogP contribution in [0.5, 0.6) is 0 Å². The minimum Gasteiger partial charge on any atom is -0.295 e. The summed E-state index contributed by atoms with van der Waals surface area (Å²) in [7, 11) is 0. The first kappa shape index (κ1) is 65.5. The van der Waals surface area contributed by atoms with E-state index in [-0.39, 0.29) is 0 Å². The molecular weight excluding hydrogens is 1160 g/mol. The van der Waals surface area contributed by atoms with Gasteiger partial charge in [0, 0.05) is 54.4 Å². The van der Waals surface area contributed by atoms with E-state index in [1.165, 1.54) is 0 Å². The predicted octanol–water partition coefficient (Wildman–Crippen LogP) is 24.3. The van der Waals surface area contributed by atoms with Crippen molar-refractivity contribution in [2.45, 2.75) is 444 Å². The van der Waals surface area contributed by atoms with Crippen LogP contribution in [0.25, 0.3) is 0 Å². The zero-order chi connectivity index (χ0) is 63.0. The third-order valence-electron chi connectivity index (χ3n) is 39.3. The number of rotatable bonds is 9. The van der Waals surface area contributed by atoms with Crippen molar-refractivity contribution in [2.75, 3.05) is 0 Å². The number of likely N-dealkylation sites (tertiary alicyclic amines) is 1. The molecule has 3 aliphatic heterocycles. The highest BCUT2D eigenvalue weighted by molar-refractivity contribution is 6.65. The van der Waals surface area contributed by atoms with Crippen LogP contribution >= 0.6 is 0 Å². The lowest BCUT2D eigenvalue weighted by Crippen LogP contribution is -2.78. The van der Waals surface area contributed by atoms with Crippen LogP contribution in [0.2, 0.25) is 17.5 Å². The van der Waals surface area contributed by atoms with Crippen molar-refractivity contribution in [2.24, 2.45) is 130 Å². The van der Waals surface area contributed by atoms with Gasteiger partial charge in [-0.15, -0.1) is 0 Å². The molecule has 4 heteroatoms. The zero-order valence-corrected chi connectivity index (χ0v) is 62.6. The van der Waals surface area contributed by atoms with Crippen molar-refractivity contribution in [1.29, 1.82) is 0 Å². The van der Waals surface area contributed by atoms with Crippen LogP contribution in [0.1, 0.15) is 372 Å². The molecule has 96 heavy (non-hydrogen) atoms. The van der Waals surface area contributed by atoms with Gasteiger partial charge in [0.05, 0.1) is 0 Å². The Bertz CT molecular complexity index is 2450. The van der Waals surface area contributed by atoms with Gasteiger partial charge in [-0.05, 0) is 276 Å². The maximum Gasteiger partial charge on any atom is 0.156 e. The molecule has 20 aliphatic rings. The molecule has 3 heterocycles. The fourth-order valence-electron chi connectivity index (χ4n) is 36.8. The molecule has 0 spiro atoms. The normalized spacial score (nSPS) is 52.0. The van der Waals surface area contributed by atoms with Crippen LogP contribution in [-0.4, -0.2) is 75.8 Å². The van der Waals surface area contributed by atoms with Gasteiger partial charge in [0.15, 0.2) is 6.71 Å². The summed E-state index contributed by atoms with van der Waals surface area (Å²) in [6.07, 6.45) is 92.8. The maximum absolute atomic E-state index is 4.00. The molecule has 20 fully saturated rings. The number of hydrogen-bond donors (Lipinski definition) is 0. The molecule has 20 rings (SSSR count). The SMILES string of the molecule is C1CCC(C2CCC3C(C2)B2C4CC(C5CCC6C7CCCC8CCCC(C9CCCC5C96)C87)CCC4N(C4C(C5CCCCC5)CCCC4C4CCCCC4)C4CC(N5C6CCCCC6C6CCCCC65)CC(C24)N3C2C(C3CCCCC3)CCCC2C2CCCCC2)CC1. The van der Waals surface area contributed by atoms with Crippen LogP contribution in [0.15, 0.2) is 0 Å². The third kappa shape index (κ3) is 11.4. The van der Waals surface area contributed by atoms with Crippen molar-refractivity contribution in [3.8, 4) is 0 Å². The summed E-state index contributed by atoms with van der Waals surface area (Å²) in [5, 5.41) is 0. The van der Waals surface area contributed by atoms with E-state index in [2.05, 4.69) is 14.7 Å². The molecular formula is C92H150BN3.